The van der Waals surface area contributed by atoms with Crippen LogP contribution in [0.2, 0.25) is 0 Å². The van der Waals surface area contributed by atoms with Gasteiger partial charge in [0.25, 0.3) is 0 Å². The van der Waals surface area contributed by atoms with Crippen LogP contribution in [0.15, 0.2) is 47.1 Å². The zero-order chi connectivity index (χ0) is 15.4. The molecule has 0 saturated carbocycles. The summed E-state index contributed by atoms with van der Waals surface area (Å²) >= 11 is 0. The molecule has 114 valence electrons. The van der Waals surface area contributed by atoms with Crippen LogP contribution in [0.5, 0.6) is 0 Å². The Hall–Kier alpha value is -2.63. The van der Waals surface area contributed by atoms with E-state index >= 15 is 0 Å². The van der Waals surface area contributed by atoms with Gasteiger partial charge in [-0.3, -0.25) is 9.48 Å². The minimum absolute atomic E-state index is 0.0395. The number of hydrogen-bond acceptors (Lipinski definition) is 4. The van der Waals surface area contributed by atoms with Crippen LogP contribution >= 0.6 is 0 Å². The van der Waals surface area contributed by atoms with Gasteiger partial charge in [0.05, 0.1) is 0 Å². The van der Waals surface area contributed by atoms with Gasteiger partial charge in [-0.15, -0.1) is 0 Å². The van der Waals surface area contributed by atoms with E-state index in [9.17, 15) is 4.79 Å². The Labute approximate surface area is 128 Å². The van der Waals surface area contributed by atoms with Crippen molar-refractivity contribution in [3.05, 3.63) is 48.6 Å². The van der Waals surface area contributed by atoms with E-state index in [0.29, 0.717) is 25.3 Å². The average molecular weight is 298 g/mol. The molecule has 1 N–H and O–H groups in total. The molecule has 1 atom stereocenters. The molecule has 1 unspecified atom stereocenters. The fourth-order valence-electron chi connectivity index (χ4n) is 2.39. The Morgan fingerprint density at radius 1 is 1.36 bits per heavy atom. The van der Waals surface area contributed by atoms with Crippen molar-refractivity contribution in [2.45, 2.75) is 25.8 Å². The lowest BCUT2D eigenvalue weighted by molar-refractivity contribution is -0.124. The Morgan fingerprint density at radius 3 is 2.95 bits per heavy atom. The largest absolute Gasteiger partial charge is 0.441 e. The topological polar surface area (TPSA) is 73.0 Å². The first-order valence-electron chi connectivity index (χ1n) is 7.39. The number of para-hydroxylation sites is 2. The molecule has 0 aliphatic rings. The van der Waals surface area contributed by atoms with Crippen LogP contribution in [0.4, 0.5) is 0 Å². The highest BCUT2D eigenvalue weighted by atomic mass is 16.3. The molecule has 0 spiro atoms. The molecule has 0 radical (unpaired) electrons. The third-order valence-electron chi connectivity index (χ3n) is 3.51. The van der Waals surface area contributed by atoms with Gasteiger partial charge in [-0.1, -0.05) is 19.1 Å². The summed E-state index contributed by atoms with van der Waals surface area (Å²) in [6.07, 6.45) is 4.73. The fourth-order valence-corrected chi connectivity index (χ4v) is 2.39. The minimum atomic E-state index is -0.279. The van der Waals surface area contributed by atoms with Crippen LogP contribution in [0.3, 0.4) is 0 Å². The number of oxazole rings is 1. The molecule has 2 aromatic heterocycles. The number of hydrogen-bond donors (Lipinski definition) is 1. The summed E-state index contributed by atoms with van der Waals surface area (Å²) in [4.78, 5) is 16.6. The molecule has 2 heterocycles. The normalized spacial score (nSPS) is 12.4. The number of amides is 1. The number of nitrogens with one attached hydrogen (secondary N) is 1. The first-order valence-corrected chi connectivity index (χ1v) is 7.39. The minimum Gasteiger partial charge on any atom is -0.441 e. The molecule has 22 heavy (non-hydrogen) atoms. The summed E-state index contributed by atoms with van der Waals surface area (Å²) in [5.41, 5.74) is 1.61. The van der Waals surface area contributed by atoms with Gasteiger partial charge in [0.15, 0.2) is 11.5 Å². The quantitative estimate of drug-likeness (QED) is 0.758. The van der Waals surface area contributed by atoms with Crippen molar-refractivity contribution >= 4 is 17.0 Å². The van der Waals surface area contributed by atoms with Crippen molar-refractivity contribution in [1.29, 1.82) is 0 Å². The first kappa shape index (κ1) is 14.3. The van der Waals surface area contributed by atoms with E-state index in [1.807, 2.05) is 37.3 Å². The molecular weight excluding hydrogens is 280 g/mol. The molecule has 3 rings (SSSR count). The van der Waals surface area contributed by atoms with Crippen molar-refractivity contribution < 1.29 is 9.21 Å². The lowest BCUT2D eigenvalue weighted by Crippen LogP contribution is -2.33. The predicted octanol–water partition coefficient (Wildman–Crippen LogP) is 2.33. The average Bonchev–Trinajstić information content (AvgIpc) is 3.16. The van der Waals surface area contributed by atoms with Crippen molar-refractivity contribution in [3.63, 3.8) is 0 Å². The Kier molecular flexibility index (Phi) is 4.18. The maximum absolute atomic E-state index is 12.2. The molecule has 3 aromatic rings. The van der Waals surface area contributed by atoms with Crippen molar-refractivity contribution in [1.82, 2.24) is 20.1 Å². The highest BCUT2D eigenvalue weighted by molar-refractivity contribution is 5.80. The number of nitrogens with zero attached hydrogens (tertiary/aromatic N) is 3. The van der Waals surface area contributed by atoms with Gasteiger partial charge in [0, 0.05) is 25.4 Å². The van der Waals surface area contributed by atoms with Gasteiger partial charge in [0.2, 0.25) is 5.91 Å². The first-order chi connectivity index (χ1) is 10.8. The molecule has 6 heteroatoms. The summed E-state index contributed by atoms with van der Waals surface area (Å²) in [6.45, 7) is 2.45. The molecule has 0 aliphatic carbocycles. The van der Waals surface area contributed by atoms with E-state index in [1.54, 1.807) is 17.1 Å². The number of aromatic nitrogens is 3. The number of carbonyl (C=O) groups is 1. The molecular formula is C16H18N4O2. The summed E-state index contributed by atoms with van der Waals surface area (Å²) in [5.74, 6) is 0.593. The number of rotatable bonds is 6. The van der Waals surface area contributed by atoms with Crippen LogP contribution in [0.1, 0.15) is 25.3 Å². The maximum atomic E-state index is 12.2. The summed E-state index contributed by atoms with van der Waals surface area (Å²) in [5, 5.41) is 7.04. The second-order valence-electron chi connectivity index (χ2n) is 5.03. The van der Waals surface area contributed by atoms with Crippen LogP contribution in [0, 0.1) is 0 Å². The lowest BCUT2D eigenvalue weighted by Gasteiger charge is -2.15. The number of fused-ring (bicyclic) bond motifs is 1. The highest BCUT2D eigenvalue weighted by Gasteiger charge is 2.18. The second-order valence-corrected chi connectivity index (χ2v) is 5.03. The monoisotopic (exact) mass is 298 g/mol. The highest BCUT2D eigenvalue weighted by Crippen LogP contribution is 2.15. The lowest BCUT2D eigenvalue weighted by atomic mass is 10.2. The summed E-state index contributed by atoms with van der Waals surface area (Å²) in [6, 6.07) is 9.16. The Morgan fingerprint density at radius 2 is 2.23 bits per heavy atom. The van der Waals surface area contributed by atoms with E-state index in [0.717, 1.165) is 11.1 Å². The standard InChI is InChI=1S/C16H18N4O2/c1-2-13(20-11-5-9-18-20)16(21)17-10-8-15-19-12-6-3-4-7-14(12)22-15/h3-7,9,11,13H,2,8,10H2,1H3,(H,17,21). The molecule has 1 amide bonds. The van der Waals surface area contributed by atoms with E-state index in [2.05, 4.69) is 15.4 Å². The van der Waals surface area contributed by atoms with Crippen molar-refractivity contribution in [2.24, 2.45) is 0 Å². The molecule has 6 nitrogen and oxygen atoms in total. The zero-order valence-corrected chi connectivity index (χ0v) is 12.4. The Bertz CT molecular complexity index is 715. The summed E-state index contributed by atoms with van der Waals surface area (Å²) < 4.78 is 7.30. The SMILES string of the molecule is CCC(C(=O)NCCc1nc2ccccc2o1)n1cccn1. The van der Waals surface area contributed by atoms with Gasteiger partial charge >= 0.3 is 0 Å². The van der Waals surface area contributed by atoms with Crippen LogP contribution in [-0.4, -0.2) is 27.2 Å². The van der Waals surface area contributed by atoms with Gasteiger partial charge in [-0.2, -0.15) is 5.10 Å². The maximum Gasteiger partial charge on any atom is 0.244 e. The molecule has 0 fully saturated rings. The number of carbonyl (C=O) groups excluding carboxylic acids is 1. The second kappa shape index (κ2) is 6.43. The third-order valence-corrected chi connectivity index (χ3v) is 3.51. The predicted molar refractivity (Wildman–Crippen MR) is 82.3 cm³/mol. The van der Waals surface area contributed by atoms with E-state index in [4.69, 9.17) is 4.42 Å². The van der Waals surface area contributed by atoms with Crippen molar-refractivity contribution in [2.75, 3.05) is 6.54 Å². The van der Waals surface area contributed by atoms with Gasteiger partial charge < -0.3 is 9.73 Å². The molecule has 1 aromatic carbocycles. The van der Waals surface area contributed by atoms with Gasteiger partial charge in [-0.25, -0.2) is 4.98 Å². The van der Waals surface area contributed by atoms with Crippen LogP contribution < -0.4 is 5.32 Å². The van der Waals surface area contributed by atoms with E-state index < -0.39 is 0 Å². The van der Waals surface area contributed by atoms with E-state index in [1.165, 1.54) is 0 Å². The van der Waals surface area contributed by atoms with Crippen molar-refractivity contribution in [3.8, 4) is 0 Å². The number of benzene rings is 1. The van der Waals surface area contributed by atoms with Gasteiger partial charge in [-0.05, 0) is 24.6 Å². The fraction of sp³-hybridized carbons (Fsp3) is 0.312. The summed E-state index contributed by atoms with van der Waals surface area (Å²) in [7, 11) is 0. The molecule has 0 bridgehead atoms. The Balaban J connectivity index is 1.57. The van der Waals surface area contributed by atoms with Crippen LogP contribution in [0.25, 0.3) is 11.1 Å². The third kappa shape index (κ3) is 3.00. The molecule has 0 aliphatic heterocycles. The van der Waals surface area contributed by atoms with Gasteiger partial charge in [0.1, 0.15) is 11.6 Å². The molecule has 0 saturated heterocycles. The smallest absolute Gasteiger partial charge is 0.244 e. The van der Waals surface area contributed by atoms with E-state index in [-0.39, 0.29) is 11.9 Å². The van der Waals surface area contributed by atoms with Crippen LogP contribution in [-0.2, 0) is 11.2 Å². The zero-order valence-electron chi connectivity index (χ0n) is 12.4.